The Hall–Kier alpha value is -4.50. The third kappa shape index (κ3) is 5.96. The van der Waals surface area contributed by atoms with Crippen LogP contribution in [0.3, 0.4) is 0 Å². The van der Waals surface area contributed by atoms with Gasteiger partial charge in [-0.15, -0.1) is 34.0 Å². The highest BCUT2D eigenvalue weighted by atomic mass is 32.1. The highest BCUT2D eigenvalue weighted by molar-refractivity contribution is 7.79. The van der Waals surface area contributed by atoms with Crippen LogP contribution in [0, 0.1) is 47.3 Å². The zero-order valence-electron chi connectivity index (χ0n) is 23.8. The van der Waals surface area contributed by atoms with Crippen LogP contribution in [-0.2, 0) is 0 Å². The summed E-state index contributed by atoms with van der Waals surface area (Å²) in [5, 5.41) is 36.3. The number of rotatable bonds is 6. The first-order chi connectivity index (χ1) is 21.6. The molecular weight excluding hydrogens is 657 g/mol. The van der Waals surface area contributed by atoms with Crippen molar-refractivity contribution in [2.24, 2.45) is 20.3 Å². The number of nitrogens with one attached hydrogen (secondary N) is 2. The summed E-state index contributed by atoms with van der Waals surface area (Å²) in [6.07, 6.45) is 9.98. The second kappa shape index (κ2) is 13.2. The van der Waals surface area contributed by atoms with Gasteiger partial charge in [0.2, 0.25) is 0 Å². The summed E-state index contributed by atoms with van der Waals surface area (Å²) in [5.74, 6) is 0. The molecule has 6 N–H and O–H groups in total. The van der Waals surface area contributed by atoms with Crippen LogP contribution < -0.4 is 11.5 Å². The molecule has 3 heterocycles. The quantitative estimate of drug-likeness (QED) is 0.0886. The molecule has 3 aromatic rings. The van der Waals surface area contributed by atoms with Gasteiger partial charge < -0.3 is 11.5 Å². The Kier molecular flexibility index (Phi) is 9.39. The molecule has 0 radical (unpaired) electrons. The summed E-state index contributed by atoms with van der Waals surface area (Å²) in [5.41, 5.74) is 18.1. The topological polar surface area (TPSA) is 172 Å². The van der Waals surface area contributed by atoms with Crippen LogP contribution in [0.15, 0.2) is 91.8 Å². The molecule has 0 amide bonds. The molecule has 0 atom stereocenters. The fraction of sp³-hybridized carbons (Fsp3) is 0.0625. The molecule has 0 aromatic carbocycles. The fourth-order valence-electron chi connectivity index (χ4n) is 4.78. The van der Waals surface area contributed by atoms with Gasteiger partial charge in [0, 0.05) is 30.7 Å². The van der Waals surface area contributed by atoms with E-state index in [4.69, 9.17) is 22.3 Å². The first-order valence-electron chi connectivity index (χ1n) is 13.1. The molecule has 2 aliphatic carbocycles. The summed E-state index contributed by atoms with van der Waals surface area (Å²) < 4.78 is 7.82. The van der Waals surface area contributed by atoms with E-state index in [1.807, 2.05) is 26.0 Å². The van der Waals surface area contributed by atoms with Gasteiger partial charge in [0.15, 0.2) is 0 Å². The lowest BCUT2D eigenvalue weighted by Gasteiger charge is -2.13. The first-order valence-corrected chi connectivity index (χ1v) is 16.4. The molecule has 45 heavy (non-hydrogen) atoms. The average molecular weight is 681 g/mol. The van der Waals surface area contributed by atoms with Gasteiger partial charge >= 0.3 is 0 Å². The van der Waals surface area contributed by atoms with Crippen LogP contribution in [0.5, 0.6) is 0 Å². The Balaban J connectivity index is 1.49. The van der Waals surface area contributed by atoms with Crippen molar-refractivity contribution in [1.29, 1.82) is 21.3 Å². The van der Waals surface area contributed by atoms with E-state index in [-0.39, 0.29) is 22.6 Å². The third-order valence-corrected chi connectivity index (χ3v) is 11.4. The summed E-state index contributed by atoms with van der Waals surface area (Å²) in [4.78, 5) is 5.66. The van der Waals surface area contributed by atoms with Crippen molar-refractivity contribution < 1.29 is 0 Å². The van der Waals surface area contributed by atoms with Gasteiger partial charge in [-0.1, -0.05) is 24.3 Å². The lowest BCUT2D eigenvalue weighted by molar-refractivity contribution is 1.43. The Morgan fingerprint density at radius 3 is 1.49 bits per heavy atom. The maximum Gasteiger partial charge on any atom is 0.104 e. The zero-order chi connectivity index (χ0) is 32.4. The van der Waals surface area contributed by atoms with E-state index in [1.54, 1.807) is 47.8 Å². The van der Waals surface area contributed by atoms with Crippen molar-refractivity contribution in [2.45, 2.75) is 13.8 Å². The number of nitrogens with zero attached hydrogens (tertiary/aromatic N) is 4. The van der Waals surface area contributed by atoms with Crippen LogP contribution in [-0.4, -0.2) is 22.8 Å². The van der Waals surface area contributed by atoms with Crippen molar-refractivity contribution in [3.63, 3.8) is 0 Å². The van der Waals surface area contributed by atoms with Crippen molar-refractivity contribution in [1.82, 2.24) is 0 Å². The molecule has 0 spiro atoms. The lowest BCUT2D eigenvalue weighted by atomic mass is 9.93. The molecule has 0 fully saturated rings. The van der Waals surface area contributed by atoms with E-state index in [0.717, 1.165) is 40.4 Å². The maximum absolute atomic E-state index is 10.0. The van der Waals surface area contributed by atoms with Crippen LogP contribution in [0.25, 0.3) is 30.9 Å². The van der Waals surface area contributed by atoms with Crippen LogP contribution in [0.1, 0.15) is 20.9 Å². The minimum absolute atomic E-state index is 0.158. The summed E-state index contributed by atoms with van der Waals surface area (Å²) in [6, 6.07) is 12.5. The molecule has 2 aliphatic rings. The number of thiol groups is 2. The van der Waals surface area contributed by atoms with Crippen molar-refractivity contribution in [3.8, 4) is 31.6 Å². The van der Waals surface area contributed by atoms with Gasteiger partial charge in [0.25, 0.3) is 0 Å². The second-order valence-electron chi connectivity index (χ2n) is 9.81. The number of allylic oxidation sites excluding steroid dienone is 10. The monoisotopic (exact) mass is 680 g/mol. The van der Waals surface area contributed by atoms with Gasteiger partial charge in [-0.25, -0.2) is 8.80 Å². The van der Waals surface area contributed by atoms with Crippen molar-refractivity contribution in [2.75, 3.05) is 0 Å². The van der Waals surface area contributed by atoms with E-state index in [1.165, 1.54) is 22.7 Å². The van der Waals surface area contributed by atoms with Gasteiger partial charge in [-0.05, 0) is 87.0 Å². The standard InChI is InChI=1S/C32H24N8S5/c1-15-11-25(27(37)19(13-33)17-5-3-7-21(35)29(17)39-41)44-31(15)23-9-10-24(43-23)32-16(2)12-26(45-32)28(38)20(14-34)18-6-4-8-22(36)30(18)40-42/h3-12,35-36,41-42H,37-38H2,1-2H3/b27-19-,28-20-,35-21?,36-22?,39-29-,40-30-. The molecule has 8 nitrogen and oxygen atoms in total. The number of thiophene rings is 3. The first kappa shape index (κ1) is 31.9. The molecule has 222 valence electrons. The second-order valence-corrected chi connectivity index (χ2v) is 13.4. The molecule has 0 unspecified atom stereocenters. The van der Waals surface area contributed by atoms with Gasteiger partial charge in [-0.2, -0.15) is 10.5 Å². The highest BCUT2D eigenvalue weighted by Crippen LogP contribution is 2.45. The fourth-order valence-corrected chi connectivity index (χ4v) is 8.84. The smallest absolute Gasteiger partial charge is 0.104 e. The summed E-state index contributed by atoms with van der Waals surface area (Å²) in [6.45, 7) is 4.02. The SMILES string of the molecule is Cc1cc(/C(N)=C(\C#N)C2=CC=CC(=N)/C2=N\S)sc1-c1ccc(-c2sc(/C(N)=C(\C#N)C3=CC=CC(=N)/C3=N\S)cc2C)s1. The van der Waals surface area contributed by atoms with Crippen molar-refractivity contribution >= 4 is 93.9 Å². The number of aryl methyl sites for hydroxylation is 2. The third-order valence-electron chi connectivity index (χ3n) is 6.99. The van der Waals surface area contributed by atoms with Crippen LogP contribution in [0.4, 0.5) is 0 Å². The largest absolute Gasteiger partial charge is 0.396 e. The number of hydrogen-bond acceptors (Lipinski definition) is 13. The Morgan fingerprint density at radius 2 is 1.13 bits per heavy atom. The number of nitrogens with two attached hydrogens (primary N) is 2. The van der Waals surface area contributed by atoms with E-state index >= 15 is 0 Å². The molecule has 5 rings (SSSR count). The Labute approximate surface area is 283 Å². The van der Waals surface area contributed by atoms with Gasteiger partial charge in [-0.3, -0.25) is 10.8 Å². The highest BCUT2D eigenvalue weighted by Gasteiger charge is 2.24. The minimum atomic E-state index is 0.158. The van der Waals surface area contributed by atoms with Crippen LogP contribution in [0.2, 0.25) is 0 Å². The molecule has 0 bridgehead atoms. The zero-order valence-corrected chi connectivity index (χ0v) is 28.1. The summed E-state index contributed by atoms with van der Waals surface area (Å²) in [7, 11) is 0. The molecule has 3 aromatic heterocycles. The predicted octanol–water partition coefficient (Wildman–Crippen LogP) is 7.81. The molecular formula is C32H24N8S5. The molecule has 0 aliphatic heterocycles. The Morgan fingerprint density at radius 1 is 0.733 bits per heavy atom. The van der Waals surface area contributed by atoms with Crippen LogP contribution >= 0.6 is 59.6 Å². The predicted molar refractivity (Wildman–Crippen MR) is 197 cm³/mol. The van der Waals surface area contributed by atoms with Gasteiger partial charge in [0.1, 0.15) is 23.6 Å². The number of hydrogen-bond donors (Lipinski definition) is 6. The maximum atomic E-state index is 10.0. The molecule has 13 heteroatoms. The van der Waals surface area contributed by atoms with E-state index in [2.05, 4.69) is 58.7 Å². The molecule has 0 saturated carbocycles. The van der Waals surface area contributed by atoms with Crippen molar-refractivity contribution in [3.05, 3.63) is 104 Å². The van der Waals surface area contributed by atoms with E-state index < -0.39 is 0 Å². The van der Waals surface area contributed by atoms with E-state index in [0.29, 0.717) is 34.0 Å². The van der Waals surface area contributed by atoms with E-state index in [9.17, 15) is 10.5 Å². The average Bonchev–Trinajstić information content (AvgIpc) is 3.76. The normalized spacial score (nSPS) is 17.6. The lowest BCUT2D eigenvalue weighted by Crippen LogP contribution is -2.18. The number of nitriles is 2. The van der Waals surface area contributed by atoms with Gasteiger partial charge in [0.05, 0.1) is 43.7 Å². The Bertz CT molecular complexity index is 1970. The summed E-state index contributed by atoms with van der Waals surface area (Å²) >= 11 is 12.6. The molecule has 0 saturated heterocycles. The minimum Gasteiger partial charge on any atom is -0.396 e.